The average molecular weight is 362 g/mol. The first-order chi connectivity index (χ1) is 10.2. The molecule has 0 fully saturated rings. The second-order valence-electron chi connectivity index (χ2n) is 2.47. The standard InChI is InChI=1S/C8H6BrNO.C3H8O.3C2H6/c9-7-3-4-8(10-6-7)2-1-5-11;1-3-4-2;3*1-2/h1-6H;3H2,1-2H3;3*1-2H3/b2-1+;;;;. The third-order valence-electron chi connectivity index (χ3n) is 1.38. The molecule has 4 heteroatoms. The van der Waals surface area contributed by atoms with Gasteiger partial charge in [-0.25, -0.2) is 0 Å². The molecular formula is C17H32BrNO2. The Labute approximate surface area is 140 Å². The molecule has 3 nitrogen and oxygen atoms in total. The number of hydrogen-bond acceptors (Lipinski definition) is 3. The van der Waals surface area contributed by atoms with E-state index in [0.29, 0.717) is 0 Å². The number of rotatable bonds is 3. The number of pyridine rings is 1. The van der Waals surface area contributed by atoms with Crippen molar-refractivity contribution in [2.45, 2.75) is 48.5 Å². The summed E-state index contributed by atoms with van der Waals surface area (Å²) >= 11 is 3.26. The van der Waals surface area contributed by atoms with Crippen LogP contribution < -0.4 is 0 Å². The van der Waals surface area contributed by atoms with Crippen molar-refractivity contribution < 1.29 is 9.53 Å². The van der Waals surface area contributed by atoms with Crippen molar-refractivity contribution in [2.75, 3.05) is 13.7 Å². The van der Waals surface area contributed by atoms with Gasteiger partial charge in [0.25, 0.3) is 0 Å². The van der Waals surface area contributed by atoms with Gasteiger partial charge in [-0.15, -0.1) is 0 Å². The zero-order valence-electron chi connectivity index (χ0n) is 14.8. The number of hydrogen-bond donors (Lipinski definition) is 0. The van der Waals surface area contributed by atoms with E-state index in [1.807, 2.05) is 60.6 Å². The predicted molar refractivity (Wildman–Crippen MR) is 98.6 cm³/mol. The Morgan fingerprint density at radius 1 is 1.14 bits per heavy atom. The first-order valence-corrected chi connectivity index (χ1v) is 8.26. The van der Waals surface area contributed by atoms with Crippen molar-refractivity contribution in [1.82, 2.24) is 4.98 Å². The minimum absolute atomic E-state index is 0.726. The fraction of sp³-hybridized carbons (Fsp3) is 0.529. The fourth-order valence-corrected chi connectivity index (χ4v) is 0.858. The molecule has 1 heterocycles. The van der Waals surface area contributed by atoms with Gasteiger partial charge in [0.1, 0.15) is 6.29 Å². The van der Waals surface area contributed by atoms with E-state index in [9.17, 15) is 4.79 Å². The van der Waals surface area contributed by atoms with Crippen LogP contribution in [0.3, 0.4) is 0 Å². The Hall–Kier alpha value is -1.00. The highest BCUT2D eigenvalue weighted by Crippen LogP contribution is 2.07. The number of nitrogens with zero attached hydrogens (tertiary/aromatic N) is 1. The zero-order valence-corrected chi connectivity index (χ0v) is 16.4. The fourth-order valence-electron chi connectivity index (χ4n) is 0.624. The molecule has 0 N–H and O–H groups in total. The number of aldehydes is 1. The predicted octanol–water partition coefficient (Wildman–Crippen LogP) is 5.79. The van der Waals surface area contributed by atoms with Crippen LogP contribution >= 0.6 is 15.9 Å². The number of ether oxygens (including phenoxy) is 1. The first-order valence-electron chi connectivity index (χ1n) is 7.47. The second kappa shape index (κ2) is 31.4. The van der Waals surface area contributed by atoms with Crippen molar-refractivity contribution in [1.29, 1.82) is 0 Å². The van der Waals surface area contributed by atoms with Crippen molar-refractivity contribution in [3.8, 4) is 0 Å². The van der Waals surface area contributed by atoms with E-state index in [4.69, 9.17) is 0 Å². The summed E-state index contributed by atoms with van der Waals surface area (Å²) < 4.78 is 5.47. The van der Waals surface area contributed by atoms with Crippen LogP contribution in [0.4, 0.5) is 0 Å². The van der Waals surface area contributed by atoms with E-state index >= 15 is 0 Å². The molecule has 0 saturated carbocycles. The lowest BCUT2D eigenvalue weighted by Gasteiger charge is -1.90. The molecular weight excluding hydrogens is 330 g/mol. The Bertz CT molecular complexity index is 296. The molecule has 0 aromatic carbocycles. The molecule has 1 rings (SSSR count). The van der Waals surface area contributed by atoms with Gasteiger partial charge in [-0.2, -0.15) is 0 Å². The van der Waals surface area contributed by atoms with Crippen molar-refractivity contribution >= 4 is 28.3 Å². The van der Waals surface area contributed by atoms with Crippen LogP contribution in [0, 0.1) is 0 Å². The lowest BCUT2D eigenvalue weighted by atomic mass is 10.3. The van der Waals surface area contributed by atoms with E-state index in [1.165, 1.54) is 6.08 Å². The molecule has 0 aliphatic carbocycles. The molecule has 0 aliphatic rings. The van der Waals surface area contributed by atoms with Gasteiger partial charge in [0.2, 0.25) is 0 Å². The molecule has 0 bridgehead atoms. The van der Waals surface area contributed by atoms with Crippen LogP contribution in [0.5, 0.6) is 0 Å². The van der Waals surface area contributed by atoms with Gasteiger partial charge in [-0.05, 0) is 47.1 Å². The molecule has 0 radical (unpaired) electrons. The Morgan fingerprint density at radius 3 is 1.90 bits per heavy atom. The van der Waals surface area contributed by atoms with E-state index in [0.717, 1.165) is 23.1 Å². The van der Waals surface area contributed by atoms with Crippen LogP contribution in [0.2, 0.25) is 0 Å². The molecule has 21 heavy (non-hydrogen) atoms. The van der Waals surface area contributed by atoms with Gasteiger partial charge < -0.3 is 4.74 Å². The average Bonchev–Trinajstić information content (AvgIpc) is 2.60. The normalized spacial score (nSPS) is 7.67. The van der Waals surface area contributed by atoms with Crippen LogP contribution in [-0.4, -0.2) is 25.0 Å². The number of carbonyl (C=O) groups excluding carboxylic acids is 1. The summed E-state index contributed by atoms with van der Waals surface area (Å²) in [4.78, 5) is 13.9. The highest BCUT2D eigenvalue weighted by Gasteiger charge is 1.86. The molecule has 124 valence electrons. The maximum Gasteiger partial charge on any atom is 0.142 e. The summed E-state index contributed by atoms with van der Waals surface area (Å²) in [6.07, 6.45) is 5.48. The van der Waals surface area contributed by atoms with E-state index < -0.39 is 0 Å². The monoisotopic (exact) mass is 361 g/mol. The number of methoxy groups -OCH3 is 1. The van der Waals surface area contributed by atoms with Gasteiger partial charge in [0.15, 0.2) is 0 Å². The van der Waals surface area contributed by atoms with Crippen LogP contribution in [-0.2, 0) is 9.53 Å². The third kappa shape index (κ3) is 28.0. The van der Waals surface area contributed by atoms with Crippen molar-refractivity contribution in [3.63, 3.8) is 0 Å². The lowest BCUT2D eigenvalue weighted by Crippen LogP contribution is -1.77. The Balaban J connectivity index is -0.000000122. The lowest BCUT2D eigenvalue weighted by molar-refractivity contribution is -0.104. The summed E-state index contributed by atoms with van der Waals surface area (Å²) in [7, 11) is 1.68. The van der Waals surface area contributed by atoms with Crippen molar-refractivity contribution in [2.24, 2.45) is 0 Å². The second-order valence-corrected chi connectivity index (χ2v) is 3.39. The summed E-state index contributed by atoms with van der Waals surface area (Å²) in [5.41, 5.74) is 0.778. The van der Waals surface area contributed by atoms with E-state index in [1.54, 1.807) is 19.4 Å². The van der Waals surface area contributed by atoms with Gasteiger partial charge in [-0.3, -0.25) is 9.78 Å². The molecule has 1 aromatic heterocycles. The summed E-state index contributed by atoms with van der Waals surface area (Å²) in [6.45, 7) is 14.8. The molecule has 0 aliphatic heterocycles. The maximum absolute atomic E-state index is 9.92. The molecule has 0 atom stereocenters. The molecule has 0 amide bonds. The zero-order chi connectivity index (χ0) is 17.5. The molecule has 0 saturated heterocycles. The van der Waals surface area contributed by atoms with Gasteiger partial charge in [0, 0.05) is 24.4 Å². The van der Waals surface area contributed by atoms with Gasteiger partial charge in [0.05, 0.1) is 5.69 Å². The number of halogens is 1. The quantitative estimate of drug-likeness (QED) is 0.505. The summed E-state index contributed by atoms with van der Waals surface area (Å²) in [5, 5.41) is 0. The third-order valence-corrected chi connectivity index (χ3v) is 1.85. The largest absolute Gasteiger partial charge is 0.385 e. The molecule has 0 spiro atoms. The number of carbonyl (C=O) groups is 1. The highest BCUT2D eigenvalue weighted by atomic mass is 79.9. The molecule has 0 unspecified atom stereocenters. The highest BCUT2D eigenvalue weighted by molar-refractivity contribution is 9.10. The van der Waals surface area contributed by atoms with E-state index in [-0.39, 0.29) is 0 Å². The summed E-state index contributed by atoms with van der Waals surface area (Å²) in [6, 6.07) is 3.70. The Morgan fingerprint density at radius 2 is 1.62 bits per heavy atom. The Kier molecular flexibility index (Phi) is 42.2. The van der Waals surface area contributed by atoms with Gasteiger partial charge in [-0.1, -0.05) is 41.5 Å². The van der Waals surface area contributed by atoms with Gasteiger partial charge >= 0.3 is 0 Å². The van der Waals surface area contributed by atoms with Crippen LogP contribution in [0.1, 0.15) is 54.2 Å². The van der Waals surface area contributed by atoms with E-state index in [2.05, 4.69) is 25.7 Å². The summed E-state index contributed by atoms with van der Waals surface area (Å²) in [5.74, 6) is 0. The minimum atomic E-state index is 0.726. The number of allylic oxidation sites excluding steroid dienone is 1. The van der Waals surface area contributed by atoms with Crippen molar-refractivity contribution in [3.05, 3.63) is 34.6 Å². The number of aromatic nitrogens is 1. The minimum Gasteiger partial charge on any atom is -0.385 e. The van der Waals surface area contributed by atoms with Crippen LogP contribution in [0.25, 0.3) is 6.08 Å². The first kappa shape index (κ1) is 28.2. The SMILES string of the molecule is CC.CC.CC.CCOC.O=C/C=C/c1ccc(Br)cn1. The van der Waals surface area contributed by atoms with Crippen LogP contribution in [0.15, 0.2) is 28.9 Å². The smallest absolute Gasteiger partial charge is 0.142 e. The maximum atomic E-state index is 9.92. The topological polar surface area (TPSA) is 39.2 Å². The molecule has 1 aromatic rings.